The Labute approximate surface area is 64.5 Å². The Morgan fingerprint density at radius 3 is 2.40 bits per heavy atom. The molecule has 0 saturated carbocycles. The highest BCUT2D eigenvalue weighted by Gasteiger charge is 2.10. The maximum absolute atomic E-state index is 9.22. The topological polar surface area (TPSA) is 20.2 Å². The van der Waals surface area contributed by atoms with Crippen molar-refractivity contribution in [1.29, 1.82) is 0 Å². The lowest BCUT2D eigenvalue weighted by Crippen LogP contribution is -2.15. The van der Waals surface area contributed by atoms with Gasteiger partial charge < -0.3 is 5.11 Å². The van der Waals surface area contributed by atoms with Crippen LogP contribution < -0.4 is 0 Å². The summed E-state index contributed by atoms with van der Waals surface area (Å²) in [5.74, 6) is 0.488. The second-order valence-corrected chi connectivity index (χ2v) is 2.90. The molecule has 2 atom stereocenters. The minimum atomic E-state index is -0.142. The van der Waals surface area contributed by atoms with Gasteiger partial charge in [-0.25, -0.2) is 0 Å². The summed E-state index contributed by atoms with van der Waals surface area (Å²) in [5.41, 5.74) is 0. The van der Waals surface area contributed by atoms with Crippen LogP contribution in [0.25, 0.3) is 0 Å². The van der Waals surface area contributed by atoms with Gasteiger partial charge >= 0.3 is 0 Å². The van der Waals surface area contributed by atoms with Crippen molar-refractivity contribution in [3.63, 3.8) is 0 Å². The monoisotopic (exact) mass is 143 g/mol. The van der Waals surface area contributed by atoms with E-state index in [9.17, 15) is 5.11 Å². The molecule has 0 aliphatic rings. The Bertz CT molecular complexity index is 69.1. The number of aliphatic hydroxyl groups is 1. The average Bonchev–Trinajstić information content (AvgIpc) is 1.89. The van der Waals surface area contributed by atoms with Crippen molar-refractivity contribution in [2.75, 3.05) is 0 Å². The van der Waals surface area contributed by atoms with Crippen molar-refractivity contribution in [1.82, 2.24) is 0 Å². The van der Waals surface area contributed by atoms with Gasteiger partial charge in [0.25, 0.3) is 0 Å². The van der Waals surface area contributed by atoms with Gasteiger partial charge in [-0.15, -0.1) is 0 Å². The molecule has 0 aromatic rings. The molecule has 0 fully saturated rings. The molecule has 1 radical (unpaired) electrons. The van der Waals surface area contributed by atoms with E-state index < -0.39 is 0 Å². The Kier molecular flexibility index (Phi) is 5.70. The highest BCUT2D eigenvalue weighted by molar-refractivity contribution is 4.63. The normalized spacial score (nSPS) is 16.8. The van der Waals surface area contributed by atoms with Crippen LogP contribution in [0.5, 0.6) is 0 Å². The summed E-state index contributed by atoms with van der Waals surface area (Å²) >= 11 is 0. The second kappa shape index (κ2) is 5.72. The van der Waals surface area contributed by atoms with Gasteiger partial charge in [0.05, 0.1) is 6.10 Å². The maximum atomic E-state index is 9.22. The Morgan fingerprint density at radius 1 is 1.50 bits per heavy atom. The summed E-state index contributed by atoms with van der Waals surface area (Å²) in [6.07, 6.45) is 4.19. The van der Waals surface area contributed by atoms with Crippen molar-refractivity contribution < 1.29 is 5.11 Å². The molecule has 0 heterocycles. The summed E-state index contributed by atoms with van der Waals surface area (Å²) in [6.45, 7) is 7.77. The predicted octanol–water partition coefficient (Wildman–Crippen LogP) is 2.40. The third kappa shape index (κ3) is 3.89. The van der Waals surface area contributed by atoms with Gasteiger partial charge in [0.1, 0.15) is 0 Å². The van der Waals surface area contributed by atoms with E-state index in [1.54, 1.807) is 0 Å². The van der Waals surface area contributed by atoms with E-state index in [-0.39, 0.29) is 6.10 Å². The smallest absolute Gasteiger partial charge is 0.0540 e. The minimum Gasteiger partial charge on any atom is -0.393 e. The van der Waals surface area contributed by atoms with E-state index in [1.807, 2.05) is 6.92 Å². The van der Waals surface area contributed by atoms with E-state index in [0.29, 0.717) is 5.92 Å². The first-order chi connectivity index (χ1) is 4.72. The largest absolute Gasteiger partial charge is 0.393 e. The Balaban J connectivity index is 3.40. The molecule has 0 rings (SSSR count). The zero-order valence-corrected chi connectivity index (χ0v) is 7.14. The molecule has 0 aliphatic heterocycles. The van der Waals surface area contributed by atoms with Crippen molar-refractivity contribution in [2.45, 2.75) is 45.6 Å². The van der Waals surface area contributed by atoms with Crippen LogP contribution in [0.3, 0.4) is 0 Å². The molecule has 0 saturated heterocycles. The number of aliphatic hydroxyl groups excluding tert-OH is 1. The number of hydrogen-bond acceptors (Lipinski definition) is 1. The van der Waals surface area contributed by atoms with E-state index in [2.05, 4.69) is 13.8 Å². The van der Waals surface area contributed by atoms with Crippen molar-refractivity contribution in [2.24, 2.45) is 5.92 Å². The summed E-state index contributed by atoms with van der Waals surface area (Å²) in [7, 11) is 0. The fourth-order valence-electron chi connectivity index (χ4n) is 1.19. The SMILES string of the molecule is [CH2]CCCC(CC)C(C)O. The van der Waals surface area contributed by atoms with Crippen molar-refractivity contribution >= 4 is 0 Å². The molecule has 0 aliphatic carbocycles. The molecule has 1 heteroatoms. The highest BCUT2D eigenvalue weighted by Crippen LogP contribution is 2.15. The van der Waals surface area contributed by atoms with Crippen LogP contribution >= 0.6 is 0 Å². The predicted molar refractivity (Wildman–Crippen MR) is 44.7 cm³/mol. The van der Waals surface area contributed by atoms with Crippen LogP contribution in [0, 0.1) is 12.8 Å². The van der Waals surface area contributed by atoms with Crippen LogP contribution in [-0.2, 0) is 0 Å². The average molecular weight is 143 g/mol. The van der Waals surface area contributed by atoms with Gasteiger partial charge in [-0.1, -0.05) is 33.1 Å². The van der Waals surface area contributed by atoms with Crippen LogP contribution in [-0.4, -0.2) is 11.2 Å². The molecule has 0 bridgehead atoms. The molecule has 0 amide bonds. The maximum Gasteiger partial charge on any atom is 0.0540 e. The molecule has 1 N–H and O–H groups in total. The number of rotatable bonds is 5. The minimum absolute atomic E-state index is 0.142. The van der Waals surface area contributed by atoms with Crippen LogP contribution in [0.15, 0.2) is 0 Å². The quantitative estimate of drug-likeness (QED) is 0.626. The first-order valence-electron chi connectivity index (χ1n) is 4.19. The first kappa shape index (κ1) is 9.96. The van der Waals surface area contributed by atoms with Crippen molar-refractivity contribution in [3.05, 3.63) is 6.92 Å². The number of unbranched alkanes of at least 4 members (excludes halogenated alkanes) is 1. The summed E-state index contributed by atoms with van der Waals surface area (Å²) in [6, 6.07) is 0. The van der Waals surface area contributed by atoms with Gasteiger partial charge in [-0.3, -0.25) is 0 Å². The standard InChI is InChI=1S/C9H19O/c1-4-6-7-9(5-2)8(3)10/h8-10H,1,4-7H2,2-3H3. The van der Waals surface area contributed by atoms with Gasteiger partial charge in [0.2, 0.25) is 0 Å². The molecule has 0 spiro atoms. The summed E-state index contributed by atoms with van der Waals surface area (Å²) in [4.78, 5) is 0. The Morgan fingerprint density at radius 2 is 2.10 bits per heavy atom. The third-order valence-corrected chi connectivity index (χ3v) is 2.03. The molecule has 10 heavy (non-hydrogen) atoms. The van der Waals surface area contributed by atoms with E-state index >= 15 is 0 Å². The molecule has 61 valence electrons. The molecular formula is C9H19O. The molecule has 0 aromatic heterocycles. The van der Waals surface area contributed by atoms with E-state index in [4.69, 9.17) is 0 Å². The summed E-state index contributed by atoms with van der Waals surface area (Å²) in [5, 5.41) is 9.22. The molecule has 1 nitrogen and oxygen atoms in total. The van der Waals surface area contributed by atoms with Gasteiger partial charge in [0, 0.05) is 0 Å². The van der Waals surface area contributed by atoms with Crippen LogP contribution in [0.1, 0.15) is 39.5 Å². The highest BCUT2D eigenvalue weighted by atomic mass is 16.3. The van der Waals surface area contributed by atoms with E-state index in [0.717, 1.165) is 25.7 Å². The van der Waals surface area contributed by atoms with Gasteiger partial charge in [0.15, 0.2) is 0 Å². The van der Waals surface area contributed by atoms with Gasteiger partial charge in [-0.05, 0) is 19.3 Å². The fourth-order valence-corrected chi connectivity index (χ4v) is 1.19. The molecule has 0 aromatic carbocycles. The third-order valence-electron chi connectivity index (χ3n) is 2.03. The van der Waals surface area contributed by atoms with Gasteiger partial charge in [-0.2, -0.15) is 0 Å². The molecular weight excluding hydrogens is 124 g/mol. The van der Waals surface area contributed by atoms with Crippen molar-refractivity contribution in [3.8, 4) is 0 Å². The fraction of sp³-hybridized carbons (Fsp3) is 0.889. The first-order valence-corrected chi connectivity index (χ1v) is 4.19. The lowest BCUT2D eigenvalue weighted by atomic mass is 9.95. The van der Waals surface area contributed by atoms with E-state index in [1.165, 1.54) is 0 Å². The lowest BCUT2D eigenvalue weighted by Gasteiger charge is -2.16. The molecule has 2 unspecified atom stereocenters. The second-order valence-electron chi connectivity index (χ2n) is 2.90. The lowest BCUT2D eigenvalue weighted by molar-refractivity contribution is 0.116. The summed E-state index contributed by atoms with van der Waals surface area (Å²) < 4.78 is 0. The zero-order chi connectivity index (χ0) is 7.98. The van der Waals surface area contributed by atoms with Crippen LogP contribution in [0.2, 0.25) is 0 Å². The zero-order valence-electron chi connectivity index (χ0n) is 7.14. The van der Waals surface area contributed by atoms with Crippen LogP contribution in [0.4, 0.5) is 0 Å². The Hall–Kier alpha value is -0.0400. The number of hydrogen-bond donors (Lipinski definition) is 1.